The summed E-state index contributed by atoms with van der Waals surface area (Å²) in [5.41, 5.74) is 7.16. The number of fused-ring (bicyclic) bond motifs is 5. The van der Waals surface area contributed by atoms with Gasteiger partial charge in [0.15, 0.2) is 0 Å². The van der Waals surface area contributed by atoms with Gasteiger partial charge in [0.25, 0.3) is 0 Å². The van der Waals surface area contributed by atoms with Gasteiger partial charge in [-0.25, -0.2) is 0 Å². The summed E-state index contributed by atoms with van der Waals surface area (Å²) in [6, 6.07) is 27.6. The highest BCUT2D eigenvalue weighted by atomic mass is 16.5. The van der Waals surface area contributed by atoms with E-state index in [0.29, 0.717) is 55.6 Å². The Morgan fingerprint density at radius 1 is 0.659 bits per heavy atom. The molecule has 17 nitrogen and oxygen atoms in total. The molecule has 0 bridgehead atoms. The number of nitrogens with two attached hydrogens (primary N) is 1. The van der Waals surface area contributed by atoms with Crippen LogP contribution in [0.5, 0.6) is 0 Å². The van der Waals surface area contributed by atoms with Crippen molar-refractivity contribution in [3.63, 3.8) is 0 Å². The minimum atomic E-state index is -1.04. The minimum Gasteiger partial charge on any atom is -0.469 e. The zero-order valence-corrected chi connectivity index (χ0v) is 50.0. The van der Waals surface area contributed by atoms with Crippen LogP contribution in [0.15, 0.2) is 91.0 Å². The van der Waals surface area contributed by atoms with Crippen molar-refractivity contribution in [3.8, 4) is 0 Å². The highest BCUT2D eigenvalue weighted by Gasteiger charge is 2.60. The molecule has 7 rings (SSSR count). The Morgan fingerprint density at radius 2 is 1.17 bits per heavy atom. The molecule has 0 saturated heterocycles. The molecule has 4 amide bonds. The summed E-state index contributed by atoms with van der Waals surface area (Å²) in [5.74, 6) is 1.30. The number of rotatable bonds is 22. The normalized spacial score (nSPS) is 23.3. The third-order valence-electron chi connectivity index (χ3n) is 17.0. The number of carbonyl (C=O) groups is 8. The number of methoxy groups -OCH3 is 1. The number of benzene rings is 3. The average Bonchev–Trinajstić information content (AvgIpc) is 3.82. The monoisotopic (exact) mass is 1140 g/mol. The lowest BCUT2D eigenvalue weighted by molar-refractivity contribution is -0.146. The van der Waals surface area contributed by atoms with Crippen LogP contribution >= 0.6 is 0 Å². The lowest BCUT2D eigenvalue weighted by Crippen LogP contribution is -2.56. The Bertz CT molecular complexity index is 2400. The van der Waals surface area contributed by atoms with Gasteiger partial charge >= 0.3 is 23.9 Å². The molecule has 0 spiro atoms. The van der Waals surface area contributed by atoms with Crippen molar-refractivity contribution in [2.75, 3.05) is 20.3 Å². The lowest BCUT2D eigenvalue weighted by Gasteiger charge is -2.61. The Hall–Kier alpha value is -6.62. The van der Waals surface area contributed by atoms with E-state index >= 15 is 0 Å². The first kappa shape index (κ1) is 67.9. The molecule has 0 heterocycles. The van der Waals surface area contributed by atoms with Crippen LogP contribution in [0.25, 0.3) is 0 Å². The van der Waals surface area contributed by atoms with E-state index in [1.165, 1.54) is 45.6 Å². The van der Waals surface area contributed by atoms with Gasteiger partial charge in [-0.1, -0.05) is 119 Å². The number of amides is 4. The molecule has 0 aromatic heterocycles. The maximum Gasteiger partial charge on any atom is 0.306 e. The van der Waals surface area contributed by atoms with Gasteiger partial charge in [-0.2, -0.15) is 0 Å². The van der Waals surface area contributed by atoms with Crippen LogP contribution in [0.1, 0.15) is 168 Å². The van der Waals surface area contributed by atoms with Gasteiger partial charge < -0.3 is 45.4 Å². The topological polar surface area (TPSA) is 245 Å². The van der Waals surface area contributed by atoms with Gasteiger partial charge in [-0.3, -0.25) is 38.4 Å². The van der Waals surface area contributed by atoms with E-state index < -0.39 is 29.4 Å². The first-order valence-electron chi connectivity index (χ1n) is 29.5. The van der Waals surface area contributed by atoms with E-state index in [2.05, 4.69) is 35.5 Å². The molecule has 0 radical (unpaired) electrons. The lowest BCUT2D eigenvalue weighted by atomic mass is 9.44. The smallest absolute Gasteiger partial charge is 0.306 e. The Kier molecular flexibility index (Phi) is 28.8. The van der Waals surface area contributed by atoms with Crippen molar-refractivity contribution in [2.45, 2.75) is 189 Å². The summed E-state index contributed by atoms with van der Waals surface area (Å²) in [7, 11) is 1.47. The van der Waals surface area contributed by atoms with E-state index in [1.54, 1.807) is 13.8 Å². The fourth-order valence-electron chi connectivity index (χ4n) is 12.7. The van der Waals surface area contributed by atoms with Crippen LogP contribution in [-0.4, -0.2) is 86.0 Å². The maximum atomic E-state index is 13.3. The molecule has 4 fully saturated rings. The fraction of sp³-hybridized carbons (Fsp3) is 0.600. The number of nitrogens with one attached hydrogen (secondary N) is 3. The van der Waals surface area contributed by atoms with Crippen molar-refractivity contribution in [3.05, 3.63) is 108 Å². The summed E-state index contributed by atoms with van der Waals surface area (Å²) in [6.45, 7) is 14.6. The maximum absolute atomic E-state index is 13.3. The van der Waals surface area contributed by atoms with E-state index in [0.717, 1.165) is 60.6 Å². The van der Waals surface area contributed by atoms with Gasteiger partial charge in [0.2, 0.25) is 24.1 Å². The fourth-order valence-corrected chi connectivity index (χ4v) is 12.7. The third kappa shape index (κ3) is 22.6. The molecule has 5 N–H and O–H groups in total. The first-order valence-corrected chi connectivity index (χ1v) is 29.5. The zero-order valence-electron chi connectivity index (χ0n) is 50.0. The number of hydrogen-bond donors (Lipinski definition) is 4. The van der Waals surface area contributed by atoms with Crippen molar-refractivity contribution in [2.24, 2.45) is 46.2 Å². The predicted octanol–water partition coefficient (Wildman–Crippen LogP) is 9.79. The largest absolute Gasteiger partial charge is 0.469 e. The Labute approximate surface area is 487 Å². The second-order valence-corrected chi connectivity index (χ2v) is 23.5. The average molecular weight is 1140 g/mol. The van der Waals surface area contributed by atoms with E-state index in [-0.39, 0.29) is 74.3 Å². The van der Waals surface area contributed by atoms with E-state index in [9.17, 15) is 33.6 Å². The summed E-state index contributed by atoms with van der Waals surface area (Å²) in [4.78, 5) is 93.7. The highest BCUT2D eigenvalue weighted by molar-refractivity contribution is 5.91. The molecule has 4 aliphatic carbocycles. The minimum absolute atomic E-state index is 0.0173. The predicted molar refractivity (Wildman–Crippen MR) is 312 cm³/mol. The molecule has 4 aliphatic rings. The quantitative estimate of drug-likeness (QED) is 0.0416. The summed E-state index contributed by atoms with van der Waals surface area (Å²) in [5, 5.41) is 8.59. The molecule has 17 heteroatoms. The number of primary amides is 1. The molecule has 452 valence electrons. The number of ether oxygens (including phenoxy) is 5. The molecular formula is C65H94N4O13. The Morgan fingerprint density at radius 3 is 1.68 bits per heavy atom. The third-order valence-corrected chi connectivity index (χ3v) is 17.0. The van der Waals surface area contributed by atoms with Crippen LogP contribution in [-0.2, 0) is 81.9 Å². The second-order valence-electron chi connectivity index (χ2n) is 23.5. The second kappa shape index (κ2) is 34.7. The van der Waals surface area contributed by atoms with Crippen molar-refractivity contribution in [1.29, 1.82) is 0 Å². The number of hydrogen-bond acceptors (Lipinski definition) is 13. The number of esters is 4. The molecule has 9 atom stereocenters. The highest BCUT2D eigenvalue weighted by Crippen LogP contribution is 2.68. The van der Waals surface area contributed by atoms with E-state index in [4.69, 9.17) is 28.5 Å². The van der Waals surface area contributed by atoms with Crippen LogP contribution in [0, 0.1) is 40.4 Å². The van der Waals surface area contributed by atoms with Crippen LogP contribution in [0.3, 0.4) is 0 Å². The summed E-state index contributed by atoms with van der Waals surface area (Å²) in [6.07, 6.45) is 14.1. The van der Waals surface area contributed by atoms with Gasteiger partial charge in [0.1, 0.15) is 32.5 Å². The molecule has 3 aromatic carbocycles. The van der Waals surface area contributed by atoms with Gasteiger partial charge in [-0.05, 0) is 155 Å². The molecular weight excluding hydrogens is 1040 g/mol. The molecule has 4 saturated carbocycles. The molecule has 82 heavy (non-hydrogen) atoms. The summed E-state index contributed by atoms with van der Waals surface area (Å²) >= 11 is 0. The number of carbonyl (C=O) groups excluding carboxylic acids is 8. The molecule has 9 unspecified atom stereocenters. The van der Waals surface area contributed by atoms with Gasteiger partial charge in [0.05, 0.1) is 19.3 Å². The van der Waals surface area contributed by atoms with Gasteiger partial charge in [0, 0.05) is 31.7 Å². The van der Waals surface area contributed by atoms with E-state index in [1.807, 2.05) is 112 Å². The van der Waals surface area contributed by atoms with Crippen LogP contribution < -0.4 is 21.7 Å². The SMILES string of the molecule is CCC(=O)OCc1ccccc1.CCC(=O)OCc1ccccc1.COC(=O)CCCC1CCC2C3CCC4CC(NC(=O)CNC(=O)C(CCC(=O)OCc5ccccc5)NC(=O)COC(C)(C)C)CCC4(C)C3CCC12C.NC=O. The van der Waals surface area contributed by atoms with Gasteiger partial charge in [-0.15, -0.1) is 0 Å². The van der Waals surface area contributed by atoms with Crippen LogP contribution in [0.4, 0.5) is 0 Å². The van der Waals surface area contributed by atoms with Crippen molar-refractivity contribution in [1.82, 2.24) is 16.0 Å². The first-order chi connectivity index (χ1) is 39.2. The van der Waals surface area contributed by atoms with Crippen LogP contribution in [0.2, 0.25) is 0 Å². The Balaban J connectivity index is 0.000000434. The molecule has 3 aromatic rings. The molecule has 0 aliphatic heterocycles. The zero-order chi connectivity index (χ0) is 60.1. The van der Waals surface area contributed by atoms with Crippen molar-refractivity contribution >= 4 is 48.0 Å². The summed E-state index contributed by atoms with van der Waals surface area (Å²) < 4.78 is 25.7. The standard InChI is InChI=1S/C44H67N3O8.2C10H12O2.CH3NO/c1-42(2,3)55-28-38(49)47-36(19-20-40(51)54-27-29-11-8-7-9-12-29)41(52)45-26-37(48)46-32-21-23-44(5)31(25-32)15-17-33-34-18-16-30(13-10-14-39(50)53-6)43(34,4)24-22-35(33)44;2*1-2-10(11)12-8-9-6-4-3-5-7-9;2-1-3/h7-9,11-12,30-36H,10,13-28H2,1-6H3,(H,45,52)(H,46,48)(H,47,49);2*3-7H,2,8H2,1H3;1H,(H2,2,3). The van der Waals surface area contributed by atoms with Crippen molar-refractivity contribution < 1.29 is 62.0 Å².